The van der Waals surface area contributed by atoms with E-state index in [0.717, 1.165) is 37.4 Å². The van der Waals surface area contributed by atoms with Crippen LogP contribution in [0.5, 0.6) is 5.75 Å². The van der Waals surface area contributed by atoms with Gasteiger partial charge in [0.15, 0.2) is 0 Å². The molecule has 21 heavy (non-hydrogen) atoms. The quantitative estimate of drug-likeness (QED) is 0.871. The van der Waals surface area contributed by atoms with E-state index in [1.165, 1.54) is 12.8 Å². The third-order valence-corrected chi connectivity index (χ3v) is 4.73. The minimum atomic E-state index is -0.132. The molecule has 116 valence electrons. The van der Waals surface area contributed by atoms with Gasteiger partial charge in [-0.1, -0.05) is 6.07 Å². The predicted octanol–water partition coefficient (Wildman–Crippen LogP) is 2.01. The molecule has 1 saturated heterocycles. The smallest absolute Gasteiger partial charge is 0.120 e. The summed E-state index contributed by atoms with van der Waals surface area (Å²) in [4.78, 5) is 2.33. The Hall–Kier alpha value is -1.26. The van der Waals surface area contributed by atoms with Crippen molar-refractivity contribution in [3.8, 4) is 5.75 Å². The van der Waals surface area contributed by atoms with Crippen LogP contribution >= 0.6 is 0 Å². The highest BCUT2D eigenvalue weighted by atomic mass is 16.5. The van der Waals surface area contributed by atoms with Crippen LogP contribution in [0.25, 0.3) is 0 Å². The minimum absolute atomic E-state index is 0.132. The van der Waals surface area contributed by atoms with Crippen LogP contribution in [0.1, 0.15) is 25.7 Å². The molecule has 1 saturated carbocycles. The zero-order chi connectivity index (χ0) is 14.8. The van der Waals surface area contributed by atoms with Gasteiger partial charge in [0, 0.05) is 30.9 Å². The molecule has 3 atom stereocenters. The Labute approximate surface area is 126 Å². The summed E-state index contributed by atoms with van der Waals surface area (Å²) in [5.74, 6) is 1.91. The first-order valence-electron chi connectivity index (χ1n) is 7.98. The molecule has 0 radical (unpaired) electrons. The van der Waals surface area contributed by atoms with Crippen molar-refractivity contribution >= 4 is 5.69 Å². The number of nitrogens with two attached hydrogens (primary N) is 1. The summed E-state index contributed by atoms with van der Waals surface area (Å²) >= 11 is 0. The molecule has 3 rings (SSSR count). The number of aliphatic hydroxyl groups excluding tert-OH is 1. The van der Waals surface area contributed by atoms with E-state index in [1.54, 1.807) is 7.11 Å². The molecule has 4 nitrogen and oxygen atoms in total. The largest absolute Gasteiger partial charge is 0.497 e. The maximum absolute atomic E-state index is 10.2. The van der Waals surface area contributed by atoms with E-state index in [-0.39, 0.29) is 12.1 Å². The normalized spacial score (nSPS) is 27.5. The zero-order valence-electron chi connectivity index (χ0n) is 12.7. The summed E-state index contributed by atoms with van der Waals surface area (Å²) in [5.41, 5.74) is 7.40. The van der Waals surface area contributed by atoms with Crippen LogP contribution in [-0.2, 0) is 0 Å². The molecule has 0 bridgehead atoms. The lowest BCUT2D eigenvalue weighted by Crippen LogP contribution is -2.47. The number of benzene rings is 1. The van der Waals surface area contributed by atoms with E-state index in [4.69, 9.17) is 10.5 Å². The van der Waals surface area contributed by atoms with Crippen LogP contribution in [0.3, 0.4) is 0 Å². The van der Waals surface area contributed by atoms with Gasteiger partial charge < -0.3 is 20.5 Å². The summed E-state index contributed by atoms with van der Waals surface area (Å²) in [5, 5.41) is 10.2. The van der Waals surface area contributed by atoms with Gasteiger partial charge in [0.2, 0.25) is 0 Å². The van der Waals surface area contributed by atoms with E-state index in [1.807, 2.05) is 12.1 Å². The molecule has 1 aromatic rings. The number of aliphatic hydroxyl groups is 1. The average Bonchev–Trinajstić information content (AvgIpc) is 3.31. The fourth-order valence-corrected chi connectivity index (χ4v) is 3.45. The van der Waals surface area contributed by atoms with Crippen LogP contribution in [0, 0.1) is 11.8 Å². The summed E-state index contributed by atoms with van der Waals surface area (Å²) in [6.07, 6.45) is 4.16. The van der Waals surface area contributed by atoms with Crippen LogP contribution in [0.15, 0.2) is 24.3 Å². The lowest BCUT2D eigenvalue weighted by molar-refractivity contribution is 0.114. The number of anilines is 1. The average molecular weight is 290 g/mol. The lowest BCUT2D eigenvalue weighted by Gasteiger charge is -2.38. The van der Waals surface area contributed by atoms with Crippen molar-refractivity contribution in [1.29, 1.82) is 0 Å². The van der Waals surface area contributed by atoms with E-state index in [0.29, 0.717) is 11.8 Å². The number of ether oxygens (including phenoxy) is 1. The molecule has 3 N–H and O–H groups in total. The van der Waals surface area contributed by atoms with Gasteiger partial charge in [0.25, 0.3) is 0 Å². The summed E-state index contributed by atoms with van der Waals surface area (Å²) in [6.45, 7) is 1.85. The third kappa shape index (κ3) is 3.69. The molecule has 4 heteroatoms. The van der Waals surface area contributed by atoms with Gasteiger partial charge in [-0.25, -0.2) is 0 Å². The van der Waals surface area contributed by atoms with Gasteiger partial charge in [-0.15, -0.1) is 0 Å². The third-order valence-electron chi connectivity index (χ3n) is 4.73. The maximum atomic E-state index is 10.2. The second-order valence-corrected chi connectivity index (χ2v) is 6.61. The summed E-state index contributed by atoms with van der Waals surface area (Å²) in [7, 11) is 1.69. The predicted molar refractivity (Wildman–Crippen MR) is 84.6 cm³/mol. The molecule has 1 aliphatic heterocycles. The summed E-state index contributed by atoms with van der Waals surface area (Å²) in [6, 6.07) is 8.33. The van der Waals surface area contributed by atoms with Crippen molar-refractivity contribution in [2.24, 2.45) is 17.6 Å². The number of hydrogen-bond donors (Lipinski definition) is 2. The Bertz CT molecular complexity index is 476. The fraction of sp³-hybridized carbons (Fsp3) is 0.647. The maximum Gasteiger partial charge on any atom is 0.120 e. The van der Waals surface area contributed by atoms with Gasteiger partial charge in [-0.05, 0) is 49.7 Å². The topological polar surface area (TPSA) is 58.7 Å². The van der Waals surface area contributed by atoms with Crippen molar-refractivity contribution in [2.75, 3.05) is 25.1 Å². The molecular weight excluding hydrogens is 264 g/mol. The highest BCUT2D eigenvalue weighted by Gasteiger charge is 2.34. The van der Waals surface area contributed by atoms with Crippen LogP contribution < -0.4 is 15.4 Å². The fourth-order valence-electron chi connectivity index (χ4n) is 3.45. The van der Waals surface area contributed by atoms with E-state index < -0.39 is 0 Å². The molecule has 0 spiro atoms. The van der Waals surface area contributed by atoms with Crippen LogP contribution in [0.4, 0.5) is 5.69 Å². The molecular formula is C17H26N2O2. The van der Waals surface area contributed by atoms with E-state index in [2.05, 4.69) is 17.0 Å². The van der Waals surface area contributed by atoms with Crippen molar-refractivity contribution in [3.05, 3.63) is 24.3 Å². The molecule has 0 amide bonds. The molecule has 2 aliphatic rings. The number of piperidine rings is 1. The number of methoxy groups -OCH3 is 1. The second-order valence-electron chi connectivity index (χ2n) is 6.61. The SMILES string of the molecule is COc1cccc(N2CC(N)CC(CC(O)C3CC3)C2)c1. The molecule has 2 fully saturated rings. The van der Waals surface area contributed by atoms with E-state index in [9.17, 15) is 5.11 Å². The Morgan fingerprint density at radius 1 is 1.38 bits per heavy atom. The molecule has 1 aliphatic carbocycles. The van der Waals surface area contributed by atoms with Crippen molar-refractivity contribution in [2.45, 2.75) is 37.8 Å². The van der Waals surface area contributed by atoms with E-state index >= 15 is 0 Å². The van der Waals surface area contributed by atoms with Crippen LogP contribution in [0.2, 0.25) is 0 Å². The highest BCUT2D eigenvalue weighted by molar-refractivity contribution is 5.51. The van der Waals surface area contributed by atoms with Crippen LogP contribution in [-0.4, -0.2) is 37.5 Å². The first kappa shape index (κ1) is 14.7. The van der Waals surface area contributed by atoms with Gasteiger partial charge in [-0.2, -0.15) is 0 Å². The molecule has 1 aromatic carbocycles. The lowest BCUT2D eigenvalue weighted by atomic mass is 9.88. The van der Waals surface area contributed by atoms with Crippen molar-refractivity contribution in [3.63, 3.8) is 0 Å². The molecule has 1 heterocycles. The number of rotatable bonds is 5. The standard InChI is InChI=1S/C17H26N2O2/c1-21-16-4-2-3-15(9-16)19-10-12(7-14(18)11-19)8-17(20)13-5-6-13/h2-4,9,12-14,17,20H,5-8,10-11,18H2,1H3. The van der Waals surface area contributed by atoms with Gasteiger partial charge in [0.05, 0.1) is 13.2 Å². The second kappa shape index (κ2) is 6.24. The highest BCUT2D eigenvalue weighted by Crippen LogP contribution is 2.37. The summed E-state index contributed by atoms with van der Waals surface area (Å²) < 4.78 is 5.31. The Balaban J connectivity index is 1.66. The zero-order valence-corrected chi connectivity index (χ0v) is 12.7. The Morgan fingerprint density at radius 2 is 2.19 bits per heavy atom. The van der Waals surface area contributed by atoms with Crippen molar-refractivity contribution < 1.29 is 9.84 Å². The van der Waals surface area contributed by atoms with Gasteiger partial charge in [0.1, 0.15) is 5.75 Å². The van der Waals surface area contributed by atoms with Crippen molar-refractivity contribution in [1.82, 2.24) is 0 Å². The Kier molecular flexibility index (Phi) is 4.36. The van der Waals surface area contributed by atoms with Gasteiger partial charge >= 0.3 is 0 Å². The first-order chi connectivity index (χ1) is 10.2. The van der Waals surface area contributed by atoms with Gasteiger partial charge in [-0.3, -0.25) is 0 Å². The molecule has 3 unspecified atom stereocenters. The minimum Gasteiger partial charge on any atom is -0.497 e. The monoisotopic (exact) mass is 290 g/mol. The Morgan fingerprint density at radius 3 is 2.90 bits per heavy atom. The number of nitrogens with zero attached hydrogens (tertiary/aromatic N) is 1. The number of hydrogen-bond acceptors (Lipinski definition) is 4. The first-order valence-corrected chi connectivity index (χ1v) is 7.98. The molecule has 0 aromatic heterocycles.